The van der Waals surface area contributed by atoms with Gasteiger partial charge in [0, 0.05) is 18.5 Å². The number of aryl methyl sites for hydroxylation is 1. The van der Waals surface area contributed by atoms with Crippen LogP contribution in [0.1, 0.15) is 49.1 Å². The number of halogens is 1. The van der Waals surface area contributed by atoms with Crippen LogP contribution in [0.25, 0.3) is 0 Å². The average Bonchev–Trinajstić information content (AvgIpc) is 2.53. The Balaban J connectivity index is 1.84. The average molecular weight is 292 g/mol. The number of hydrogen-bond donors (Lipinski definition) is 0. The summed E-state index contributed by atoms with van der Waals surface area (Å²) in [4.78, 5) is 15.0. The summed E-state index contributed by atoms with van der Waals surface area (Å²) in [5, 5.41) is 0. The first-order valence-corrected chi connectivity index (χ1v) is 8.29. The van der Waals surface area contributed by atoms with Crippen molar-refractivity contribution in [3.8, 4) is 0 Å². The molecule has 1 fully saturated rings. The zero-order valence-electron chi connectivity index (χ0n) is 11.9. The van der Waals surface area contributed by atoms with Gasteiger partial charge in [-0.3, -0.25) is 4.79 Å². The van der Waals surface area contributed by atoms with Crippen molar-refractivity contribution in [3.05, 3.63) is 35.4 Å². The van der Waals surface area contributed by atoms with Crippen LogP contribution in [0.15, 0.2) is 24.3 Å². The van der Waals surface area contributed by atoms with Crippen molar-refractivity contribution in [2.75, 3.05) is 12.4 Å². The number of carbonyl (C=O) groups excluding carboxylic acids is 1. The molecule has 2 nitrogen and oxygen atoms in total. The molecule has 2 aliphatic rings. The molecule has 0 saturated carbocycles. The maximum absolute atomic E-state index is 13.0. The Labute approximate surface area is 126 Å². The molecule has 2 atom stereocenters. The van der Waals surface area contributed by atoms with Crippen molar-refractivity contribution >= 4 is 17.5 Å². The third-order valence-corrected chi connectivity index (χ3v) is 5.11. The molecule has 1 aliphatic heterocycles. The van der Waals surface area contributed by atoms with Gasteiger partial charge in [0.2, 0.25) is 5.91 Å². The normalized spacial score (nSPS) is 26.1. The molecular formula is C17H22ClNO. The van der Waals surface area contributed by atoms with E-state index >= 15 is 0 Å². The molecular weight excluding hydrogens is 270 g/mol. The molecule has 0 spiro atoms. The third kappa shape index (κ3) is 2.58. The summed E-state index contributed by atoms with van der Waals surface area (Å²) in [6, 6.07) is 8.68. The van der Waals surface area contributed by atoms with Crippen LogP contribution in [-0.4, -0.2) is 29.3 Å². The molecule has 3 heteroatoms. The summed E-state index contributed by atoms with van der Waals surface area (Å²) >= 11 is 6.06. The van der Waals surface area contributed by atoms with Crippen molar-refractivity contribution in [2.45, 2.75) is 50.5 Å². The second kappa shape index (κ2) is 6.17. The lowest BCUT2D eigenvalue weighted by molar-refractivity contribution is -0.136. The molecule has 1 amide bonds. The highest BCUT2D eigenvalue weighted by Crippen LogP contribution is 2.34. The smallest absolute Gasteiger partial charge is 0.230 e. The fourth-order valence-electron chi connectivity index (χ4n) is 3.66. The molecule has 1 saturated heterocycles. The van der Waals surface area contributed by atoms with E-state index in [0.29, 0.717) is 11.8 Å². The van der Waals surface area contributed by atoms with E-state index in [9.17, 15) is 4.79 Å². The molecule has 0 aromatic heterocycles. The van der Waals surface area contributed by atoms with E-state index in [1.54, 1.807) is 0 Å². The standard InChI is InChI=1S/C17H22ClNO/c18-12-14-8-3-4-11-19(14)17(20)16-10-5-7-13-6-1-2-9-15(13)16/h1-2,6,9,14,16H,3-5,7-8,10-12H2. The van der Waals surface area contributed by atoms with Crippen molar-refractivity contribution < 1.29 is 4.79 Å². The number of alkyl halides is 1. The predicted molar refractivity (Wildman–Crippen MR) is 82.2 cm³/mol. The Morgan fingerprint density at radius 1 is 1.20 bits per heavy atom. The summed E-state index contributed by atoms with van der Waals surface area (Å²) in [7, 11) is 0. The number of hydrogen-bond acceptors (Lipinski definition) is 1. The first-order valence-electron chi connectivity index (χ1n) is 7.75. The Bertz CT molecular complexity index is 488. The molecule has 0 bridgehead atoms. The van der Waals surface area contributed by atoms with E-state index in [1.165, 1.54) is 17.5 Å². The van der Waals surface area contributed by atoms with Gasteiger partial charge in [-0.2, -0.15) is 0 Å². The van der Waals surface area contributed by atoms with Gasteiger partial charge in [-0.05, 0) is 49.7 Å². The topological polar surface area (TPSA) is 20.3 Å². The number of fused-ring (bicyclic) bond motifs is 1. The fourth-order valence-corrected chi connectivity index (χ4v) is 3.98. The van der Waals surface area contributed by atoms with E-state index in [2.05, 4.69) is 29.2 Å². The first-order chi connectivity index (χ1) is 9.81. The van der Waals surface area contributed by atoms with Crippen molar-refractivity contribution in [1.29, 1.82) is 0 Å². The van der Waals surface area contributed by atoms with Gasteiger partial charge in [0.1, 0.15) is 0 Å². The van der Waals surface area contributed by atoms with E-state index < -0.39 is 0 Å². The number of benzene rings is 1. The Morgan fingerprint density at radius 2 is 2.05 bits per heavy atom. The minimum atomic E-state index is 0.0590. The van der Waals surface area contributed by atoms with Gasteiger partial charge in [-0.1, -0.05) is 24.3 Å². The van der Waals surface area contributed by atoms with Crippen molar-refractivity contribution in [3.63, 3.8) is 0 Å². The van der Waals surface area contributed by atoms with E-state index in [1.807, 2.05) is 0 Å². The highest BCUT2D eigenvalue weighted by atomic mass is 35.5. The van der Waals surface area contributed by atoms with E-state index in [-0.39, 0.29) is 12.0 Å². The Morgan fingerprint density at radius 3 is 2.90 bits per heavy atom. The number of rotatable bonds is 2. The van der Waals surface area contributed by atoms with Crippen LogP contribution in [0.5, 0.6) is 0 Å². The predicted octanol–water partition coefficient (Wildman–Crippen LogP) is 3.73. The van der Waals surface area contributed by atoms with Crippen LogP contribution in [0.3, 0.4) is 0 Å². The van der Waals surface area contributed by atoms with Gasteiger partial charge in [0.15, 0.2) is 0 Å². The summed E-state index contributed by atoms with van der Waals surface area (Å²) in [5.41, 5.74) is 2.61. The maximum Gasteiger partial charge on any atom is 0.230 e. The van der Waals surface area contributed by atoms with Crippen LogP contribution in [-0.2, 0) is 11.2 Å². The lowest BCUT2D eigenvalue weighted by atomic mass is 9.81. The van der Waals surface area contributed by atoms with E-state index in [4.69, 9.17) is 11.6 Å². The van der Waals surface area contributed by atoms with Gasteiger partial charge in [0.25, 0.3) is 0 Å². The summed E-state index contributed by atoms with van der Waals surface area (Å²) in [6.07, 6.45) is 6.59. The zero-order chi connectivity index (χ0) is 13.9. The summed E-state index contributed by atoms with van der Waals surface area (Å²) in [5.74, 6) is 0.936. The second-order valence-electron chi connectivity index (χ2n) is 5.98. The van der Waals surface area contributed by atoms with Gasteiger partial charge in [0.05, 0.1) is 5.92 Å². The fraction of sp³-hybridized carbons (Fsp3) is 0.588. The molecule has 0 radical (unpaired) electrons. The monoisotopic (exact) mass is 291 g/mol. The lowest BCUT2D eigenvalue weighted by Gasteiger charge is -2.38. The molecule has 2 unspecified atom stereocenters. The minimum absolute atomic E-state index is 0.0590. The SMILES string of the molecule is O=C(C1CCCc2ccccc21)N1CCCCC1CCl. The second-order valence-corrected chi connectivity index (χ2v) is 6.29. The Hall–Kier alpha value is -1.02. The molecule has 1 aromatic rings. The molecule has 1 heterocycles. The van der Waals surface area contributed by atoms with Crippen LogP contribution >= 0.6 is 11.6 Å². The minimum Gasteiger partial charge on any atom is -0.338 e. The number of likely N-dealkylation sites (tertiary alicyclic amines) is 1. The van der Waals surface area contributed by atoms with Gasteiger partial charge in [-0.25, -0.2) is 0 Å². The largest absolute Gasteiger partial charge is 0.338 e. The molecule has 108 valence electrons. The zero-order valence-corrected chi connectivity index (χ0v) is 12.6. The molecule has 3 rings (SSSR count). The number of nitrogens with zero attached hydrogens (tertiary/aromatic N) is 1. The van der Waals surface area contributed by atoms with Crippen LogP contribution < -0.4 is 0 Å². The number of amides is 1. The van der Waals surface area contributed by atoms with Crippen molar-refractivity contribution in [2.24, 2.45) is 0 Å². The highest BCUT2D eigenvalue weighted by molar-refractivity contribution is 6.18. The quantitative estimate of drug-likeness (QED) is 0.761. The molecule has 1 aliphatic carbocycles. The van der Waals surface area contributed by atoms with Gasteiger partial charge < -0.3 is 4.90 Å². The Kier molecular flexibility index (Phi) is 4.30. The maximum atomic E-state index is 13.0. The molecule has 0 N–H and O–H groups in total. The molecule has 20 heavy (non-hydrogen) atoms. The summed E-state index contributed by atoms with van der Waals surface area (Å²) in [6.45, 7) is 0.884. The van der Waals surface area contributed by atoms with Gasteiger partial charge >= 0.3 is 0 Å². The lowest BCUT2D eigenvalue weighted by Crippen LogP contribution is -2.47. The first kappa shape index (κ1) is 13.9. The van der Waals surface area contributed by atoms with Crippen LogP contribution in [0, 0.1) is 0 Å². The third-order valence-electron chi connectivity index (χ3n) is 4.76. The van der Waals surface area contributed by atoms with Crippen LogP contribution in [0.2, 0.25) is 0 Å². The van der Waals surface area contributed by atoms with Gasteiger partial charge in [-0.15, -0.1) is 11.6 Å². The summed E-state index contributed by atoms with van der Waals surface area (Å²) < 4.78 is 0. The van der Waals surface area contributed by atoms with Crippen molar-refractivity contribution in [1.82, 2.24) is 4.90 Å². The van der Waals surface area contributed by atoms with E-state index in [0.717, 1.165) is 38.6 Å². The van der Waals surface area contributed by atoms with Crippen LogP contribution in [0.4, 0.5) is 0 Å². The number of piperidine rings is 1. The number of carbonyl (C=O) groups is 1. The highest BCUT2D eigenvalue weighted by Gasteiger charge is 2.33. The molecule has 1 aromatic carbocycles.